The number of carboxylic acids is 1. The van der Waals surface area contributed by atoms with E-state index < -0.39 is 25.7 Å². The lowest BCUT2D eigenvalue weighted by molar-refractivity contribution is -0.139. The van der Waals surface area contributed by atoms with Gasteiger partial charge >= 0.3 is 19.7 Å². The van der Waals surface area contributed by atoms with E-state index in [1.807, 2.05) is 48.5 Å². The van der Waals surface area contributed by atoms with E-state index in [4.69, 9.17) is 13.8 Å². The van der Waals surface area contributed by atoms with Crippen LogP contribution in [-0.2, 0) is 25.0 Å². The fourth-order valence-electron chi connectivity index (χ4n) is 5.56. The highest BCUT2D eigenvalue weighted by atomic mass is 31.2. The third-order valence-corrected chi connectivity index (χ3v) is 8.68. The van der Waals surface area contributed by atoms with Crippen LogP contribution < -0.4 is 9.84 Å². The molecule has 0 aliphatic heterocycles. The standard InChI is InChI=1S/C31H34NO7P/c1-40(36,38-22-9-3-2-4-10-22)39-23-17-15-21(16-18-23)19-29(30(33)34)32-31(35)37-20-28-26-13-7-5-11-24(26)25-12-6-8-14-27(25)28/h5-8,11-18,22,28-29H,2-4,9-10,19-20H2,1H3,(H,32,35)(H,33,34)/t29-,40?/m0/s1/i30+0. The van der Waals surface area contributed by atoms with Crippen molar-refractivity contribution >= 4 is 19.7 Å². The van der Waals surface area contributed by atoms with Crippen molar-refractivity contribution in [3.8, 4) is 16.9 Å². The molecule has 3 aromatic rings. The Morgan fingerprint density at radius 1 is 0.925 bits per heavy atom. The van der Waals surface area contributed by atoms with Gasteiger partial charge in [-0.05, 0) is 52.8 Å². The van der Waals surface area contributed by atoms with E-state index in [-0.39, 0.29) is 25.0 Å². The molecule has 2 aliphatic carbocycles. The van der Waals surface area contributed by atoms with Crippen LogP contribution in [-0.4, -0.2) is 42.6 Å². The summed E-state index contributed by atoms with van der Waals surface area (Å²) in [6.45, 7) is 1.56. The van der Waals surface area contributed by atoms with Gasteiger partial charge in [0, 0.05) is 19.0 Å². The lowest BCUT2D eigenvalue weighted by atomic mass is 9.98. The van der Waals surface area contributed by atoms with Crippen LogP contribution in [0.2, 0.25) is 0 Å². The SMILES string of the molecule is CP(=O)(Oc1ccc(C[C@H](NC(=O)OCC2c3ccccc3-c3ccccc32)[12C](=O)O)cc1)OC1CCCCC1. The Kier molecular flexibility index (Phi) is 8.57. The van der Waals surface area contributed by atoms with Crippen molar-refractivity contribution in [1.82, 2.24) is 5.32 Å². The number of nitrogens with one attached hydrogen (secondary N) is 1. The van der Waals surface area contributed by atoms with Gasteiger partial charge in [-0.3, -0.25) is 4.52 Å². The van der Waals surface area contributed by atoms with Gasteiger partial charge in [0.15, 0.2) is 0 Å². The van der Waals surface area contributed by atoms with Gasteiger partial charge in [-0.15, -0.1) is 0 Å². The molecule has 0 radical (unpaired) electrons. The maximum atomic E-state index is 12.8. The summed E-state index contributed by atoms with van der Waals surface area (Å²) in [6.07, 6.45) is 4.26. The molecule has 1 amide bonds. The lowest BCUT2D eigenvalue weighted by Gasteiger charge is -2.25. The minimum atomic E-state index is -3.29. The predicted molar refractivity (Wildman–Crippen MR) is 152 cm³/mol. The molecule has 0 heterocycles. The van der Waals surface area contributed by atoms with Gasteiger partial charge in [-0.1, -0.05) is 79.9 Å². The van der Waals surface area contributed by atoms with Crippen molar-refractivity contribution in [2.24, 2.45) is 0 Å². The van der Waals surface area contributed by atoms with Crippen LogP contribution >= 0.6 is 7.60 Å². The number of carboxylic acid groups (broad SMARTS) is 1. The number of rotatable bonds is 10. The quantitative estimate of drug-likeness (QED) is 0.262. The van der Waals surface area contributed by atoms with E-state index in [2.05, 4.69) is 5.32 Å². The van der Waals surface area contributed by atoms with Crippen molar-refractivity contribution in [2.75, 3.05) is 13.3 Å². The predicted octanol–water partition coefficient (Wildman–Crippen LogP) is 6.77. The second-order valence-electron chi connectivity index (χ2n) is 10.4. The molecule has 8 nitrogen and oxygen atoms in total. The first-order valence-corrected chi connectivity index (χ1v) is 15.7. The molecule has 9 heteroatoms. The van der Waals surface area contributed by atoms with Gasteiger partial charge < -0.3 is 19.7 Å². The number of ether oxygens (including phenoxy) is 1. The topological polar surface area (TPSA) is 111 Å². The number of aliphatic carboxylic acids is 1. The molecule has 5 rings (SSSR count). The van der Waals surface area contributed by atoms with Gasteiger partial charge in [-0.25, -0.2) is 14.2 Å². The monoisotopic (exact) mass is 563 g/mol. The summed E-state index contributed by atoms with van der Waals surface area (Å²) in [5, 5.41) is 12.2. The first-order chi connectivity index (χ1) is 19.3. The number of hydrogen-bond donors (Lipinski definition) is 2. The highest BCUT2D eigenvalue weighted by Crippen LogP contribution is 2.47. The molecule has 3 aromatic carbocycles. The molecule has 40 heavy (non-hydrogen) atoms. The molecule has 2 aliphatic rings. The number of amides is 1. The molecular formula is C31H34NO7P. The van der Waals surface area contributed by atoms with E-state index in [1.54, 1.807) is 24.3 Å². The molecule has 0 aromatic heterocycles. The minimum Gasteiger partial charge on any atom is -0.480 e. The number of carbonyl (C=O) groups excluding carboxylic acids is 1. The average molecular weight is 564 g/mol. The largest absolute Gasteiger partial charge is 0.480 e. The highest BCUT2D eigenvalue weighted by molar-refractivity contribution is 7.53. The van der Waals surface area contributed by atoms with E-state index in [0.29, 0.717) is 11.3 Å². The highest BCUT2D eigenvalue weighted by Gasteiger charge is 2.30. The van der Waals surface area contributed by atoms with Gasteiger partial charge in [-0.2, -0.15) is 0 Å². The zero-order valence-electron chi connectivity index (χ0n) is 22.5. The molecule has 0 bridgehead atoms. The molecule has 1 unspecified atom stereocenters. The second-order valence-corrected chi connectivity index (χ2v) is 12.4. The van der Waals surface area contributed by atoms with E-state index in [0.717, 1.165) is 47.9 Å². The minimum absolute atomic E-state index is 0.0438. The smallest absolute Gasteiger partial charge is 0.407 e. The number of benzene rings is 3. The summed E-state index contributed by atoms with van der Waals surface area (Å²) in [5.41, 5.74) is 5.05. The molecule has 210 valence electrons. The van der Waals surface area contributed by atoms with Crippen LogP contribution in [0.3, 0.4) is 0 Å². The maximum Gasteiger partial charge on any atom is 0.407 e. The number of carbonyl (C=O) groups is 2. The maximum absolute atomic E-state index is 12.8. The van der Waals surface area contributed by atoms with Crippen LogP contribution in [0, 0.1) is 0 Å². The molecular weight excluding hydrogens is 529 g/mol. The normalized spacial score (nSPS) is 17.2. The first-order valence-electron chi connectivity index (χ1n) is 13.7. The summed E-state index contributed by atoms with van der Waals surface area (Å²) in [6, 6.07) is 21.5. The molecule has 1 fully saturated rings. The lowest BCUT2D eigenvalue weighted by Crippen LogP contribution is -2.42. The third kappa shape index (κ3) is 6.75. The molecule has 0 spiro atoms. The van der Waals surface area contributed by atoms with Crippen molar-refractivity contribution in [2.45, 2.75) is 56.6 Å². The first kappa shape index (κ1) is 27.9. The fraction of sp³-hybridized carbons (Fsp3) is 0.355. The Morgan fingerprint density at radius 2 is 1.52 bits per heavy atom. The molecule has 1 saturated carbocycles. The van der Waals surface area contributed by atoms with Gasteiger partial charge in [0.05, 0.1) is 6.10 Å². The molecule has 2 N–H and O–H groups in total. The third-order valence-electron chi connectivity index (χ3n) is 7.46. The second kappa shape index (κ2) is 12.3. The summed E-state index contributed by atoms with van der Waals surface area (Å²) in [4.78, 5) is 24.6. The number of alkyl carbamates (subject to hydrolysis) is 1. The summed E-state index contributed by atoms with van der Waals surface area (Å²) >= 11 is 0. The van der Waals surface area contributed by atoms with Crippen molar-refractivity contribution < 1.29 is 33.0 Å². The Hall–Kier alpha value is -3.61. The van der Waals surface area contributed by atoms with Crippen LogP contribution in [0.1, 0.15) is 54.7 Å². The Balaban J connectivity index is 1.16. The Bertz CT molecular complexity index is 1360. The summed E-state index contributed by atoms with van der Waals surface area (Å²) < 4.78 is 29.7. The van der Waals surface area contributed by atoms with E-state index >= 15 is 0 Å². The van der Waals surface area contributed by atoms with Gasteiger partial charge in [0.25, 0.3) is 0 Å². The number of hydrogen-bond acceptors (Lipinski definition) is 6. The Labute approximate surface area is 234 Å². The van der Waals surface area contributed by atoms with Crippen molar-refractivity contribution in [3.63, 3.8) is 0 Å². The van der Waals surface area contributed by atoms with Gasteiger partial charge in [0.2, 0.25) is 0 Å². The zero-order chi connectivity index (χ0) is 28.1. The van der Waals surface area contributed by atoms with Crippen LogP contribution in [0.25, 0.3) is 11.1 Å². The van der Waals surface area contributed by atoms with Crippen molar-refractivity contribution in [1.29, 1.82) is 0 Å². The summed E-state index contributed by atoms with van der Waals surface area (Å²) in [7, 11) is -3.29. The van der Waals surface area contributed by atoms with E-state index in [1.165, 1.54) is 13.1 Å². The van der Waals surface area contributed by atoms with Crippen LogP contribution in [0.15, 0.2) is 72.8 Å². The van der Waals surface area contributed by atoms with E-state index in [9.17, 15) is 19.3 Å². The molecule has 2 atom stereocenters. The summed E-state index contributed by atoms with van der Waals surface area (Å²) in [5.74, 6) is -0.917. The van der Waals surface area contributed by atoms with Crippen LogP contribution in [0.4, 0.5) is 4.79 Å². The van der Waals surface area contributed by atoms with Crippen LogP contribution in [0.5, 0.6) is 5.75 Å². The zero-order valence-corrected chi connectivity index (χ0v) is 23.3. The Morgan fingerprint density at radius 3 is 2.12 bits per heavy atom. The average Bonchev–Trinajstić information content (AvgIpc) is 3.26. The fourth-order valence-corrected chi connectivity index (χ4v) is 6.86. The van der Waals surface area contributed by atoms with Crippen molar-refractivity contribution in [3.05, 3.63) is 89.5 Å². The van der Waals surface area contributed by atoms with Gasteiger partial charge in [0.1, 0.15) is 18.4 Å². The molecule has 0 saturated heterocycles. The number of fused-ring (bicyclic) bond motifs is 3.